The highest BCUT2D eigenvalue weighted by molar-refractivity contribution is 7.14. The van der Waals surface area contributed by atoms with E-state index in [-0.39, 0.29) is 12.0 Å². The van der Waals surface area contributed by atoms with Crippen LogP contribution in [0, 0.1) is 13.8 Å². The van der Waals surface area contributed by atoms with E-state index in [1.54, 1.807) is 0 Å². The Morgan fingerprint density at radius 1 is 1.50 bits per heavy atom. The lowest BCUT2D eigenvalue weighted by molar-refractivity contribution is 0.0956. The molecule has 1 saturated heterocycles. The minimum atomic E-state index is -0.0179. The second kappa shape index (κ2) is 7.68. The number of ether oxygens (including phenoxy) is 1. The molecule has 0 aromatic carbocycles. The lowest BCUT2D eigenvalue weighted by atomic mass is 10.2. The first kappa shape index (κ1) is 17.5. The van der Waals surface area contributed by atoms with Gasteiger partial charge in [-0.25, -0.2) is 0 Å². The number of rotatable bonds is 6. The van der Waals surface area contributed by atoms with E-state index in [4.69, 9.17) is 16.3 Å². The van der Waals surface area contributed by atoms with Crippen LogP contribution in [0.15, 0.2) is 12.1 Å². The van der Waals surface area contributed by atoms with Crippen LogP contribution < -0.4 is 5.32 Å². The van der Waals surface area contributed by atoms with Gasteiger partial charge in [0.05, 0.1) is 27.4 Å². The van der Waals surface area contributed by atoms with Crippen LogP contribution in [-0.4, -0.2) is 28.8 Å². The molecule has 3 rings (SSSR count). The molecule has 0 saturated carbocycles. The van der Waals surface area contributed by atoms with Crippen LogP contribution in [0.4, 0.5) is 0 Å². The predicted molar refractivity (Wildman–Crippen MR) is 95.9 cm³/mol. The van der Waals surface area contributed by atoms with Crippen LogP contribution in [-0.2, 0) is 11.3 Å². The summed E-state index contributed by atoms with van der Waals surface area (Å²) in [6.45, 7) is 6.03. The number of aryl methyl sites for hydroxylation is 2. The molecule has 130 valence electrons. The van der Waals surface area contributed by atoms with Crippen molar-refractivity contribution in [3.05, 3.63) is 38.3 Å². The van der Waals surface area contributed by atoms with Crippen LogP contribution in [0.2, 0.25) is 5.02 Å². The molecule has 1 N–H and O–H groups in total. The zero-order valence-corrected chi connectivity index (χ0v) is 15.5. The summed E-state index contributed by atoms with van der Waals surface area (Å²) in [4.78, 5) is 14.1. The van der Waals surface area contributed by atoms with Gasteiger partial charge < -0.3 is 10.1 Å². The molecule has 0 unspecified atom stereocenters. The maximum atomic E-state index is 12.2. The number of carbonyl (C=O) groups excluding carboxylic acids is 1. The third-order valence-corrected chi connectivity index (χ3v) is 5.95. The van der Waals surface area contributed by atoms with E-state index < -0.39 is 0 Å². The van der Waals surface area contributed by atoms with Gasteiger partial charge in [-0.2, -0.15) is 5.10 Å². The molecular formula is C17H22ClN3O2S. The van der Waals surface area contributed by atoms with Crippen LogP contribution in [0.3, 0.4) is 0 Å². The number of carbonyl (C=O) groups is 1. The van der Waals surface area contributed by atoms with Crippen LogP contribution in [0.1, 0.15) is 51.3 Å². The van der Waals surface area contributed by atoms with Gasteiger partial charge in [0, 0.05) is 24.6 Å². The van der Waals surface area contributed by atoms with Gasteiger partial charge in [-0.05, 0) is 45.2 Å². The van der Waals surface area contributed by atoms with E-state index in [0.29, 0.717) is 6.54 Å². The summed E-state index contributed by atoms with van der Waals surface area (Å²) in [7, 11) is 0. The normalized spacial score (nSPS) is 17.4. The Kier molecular flexibility index (Phi) is 5.58. The number of amides is 1. The predicted octanol–water partition coefficient (Wildman–Crippen LogP) is 3.89. The fraction of sp³-hybridized carbons (Fsp3) is 0.529. The van der Waals surface area contributed by atoms with Gasteiger partial charge in [0.2, 0.25) is 0 Å². The summed E-state index contributed by atoms with van der Waals surface area (Å²) in [6, 6.07) is 3.89. The van der Waals surface area contributed by atoms with Gasteiger partial charge in [-0.15, -0.1) is 11.3 Å². The first-order chi connectivity index (χ1) is 11.6. The first-order valence-corrected chi connectivity index (χ1v) is 9.44. The molecule has 0 spiro atoms. The molecule has 5 nitrogen and oxygen atoms in total. The maximum absolute atomic E-state index is 12.2. The highest BCUT2D eigenvalue weighted by Gasteiger charge is 2.20. The van der Waals surface area contributed by atoms with Crippen molar-refractivity contribution in [2.45, 2.75) is 45.8 Å². The van der Waals surface area contributed by atoms with Crippen molar-refractivity contribution in [3.63, 3.8) is 0 Å². The number of nitrogens with zero attached hydrogens (tertiary/aromatic N) is 2. The van der Waals surface area contributed by atoms with Crippen LogP contribution in [0.5, 0.6) is 0 Å². The molecule has 1 fully saturated rings. The second-order valence-corrected chi connectivity index (χ2v) is 7.51. The zero-order chi connectivity index (χ0) is 17.1. The largest absolute Gasteiger partial charge is 0.373 e. The summed E-state index contributed by atoms with van der Waals surface area (Å²) in [5.74, 6) is -0.0179. The summed E-state index contributed by atoms with van der Waals surface area (Å²) in [6.07, 6.45) is 3.13. The highest BCUT2D eigenvalue weighted by Crippen LogP contribution is 2.33. The van der Waals surface area contributed by atoms with Gasteiger partial charge in [-0.3, -0.25) is 9.48 Å². The van der Waals surface area contributed by atoms with Crippen molar-refractivity contribution in [1.82, 2.24) is 15.1 Å². The zero-order valence-electron chi connectivity index (χ0n) is 14.0. The van der Waals surface area contributed by atoms with E-state index in [1.165, 1.54) is 11.3 Å². The molecule has 0 bridgehead atoms. The lowest BCUT2D eigenvalue weighted by Crippen LogP contribution is -2.24. The summed E-state index contributed by atoms with van der Waals surface area (Å²) in [5, 5.41) is 8.08. The number of nitrogens with one attached hydrogen (secondary N) is 1. The summed E-state index contributed by atoms with van der Waals surface area (Å²) >= 11 is 7.66. The molecule has 2 aromatic heterocycles. The molecule has 7 heteroatoms. The van der Waals surface area contributed by atoms with Crippen molar-refractivity contribution in [2.24, 2.45) is 0 Å². The van der Waals surface area contributed by atoms with Crippen molar-refractivity contribution < 1.29 is 9.53 Å². The Hall–Kier alpha value is -1.37. The maximum Gasteiger partial charge on any atom is 0.261 e. The van der Waals surface area contributed by atoms with E-state index >= 15 is 0 Å². The SMILES string of the molecule is Cc1nn(CCCNC(=O)c2ccc([C@@H]3CCCO3)s2)c(C)c1Cl. The Labute approximate surface area is 151 Å². The molecule has 2 aromatic rings. The minimum Gasteiger partial charge on any atom is -0.373 e. The number of aromatic nitrogens is 2. The van der Waals surface area contributed by atoms with Crippen molar-refractivity contribution in [3.8, 4) is 0 Å². The molecule has 1 atom stereocenters. The van der Waals surface area contributed by atoms with Crippen molar-refractivity contribution in [1.29, 1.82) is 0 Å². The molecule has 24 heavy (non-hydrogen) atoms. The molecule has 1 aliphatic heterocycles. The fourth-order valence-electron chi connectivity index (χ4n) is 2.86. The Morgan fingerprint density at radius 2 is 2.33 bits per heavy atom. The van der Waals surface area contributed by atoms with Gasteiger partial charge in [0.15, 0.2) is 0 Å². The number of hydrogen-bond donors (Lipinski definition) is 1. The molecule has 3 heterocycles. The molecular weight excluding hydrogens is 346 g/mol. The second-order valence-electron chi connectivity index (χ2n) is 6.02. The Bertz CT molecular complexity index is 719. The summed E-state index contributed by atoms with van der Waals surface area (Å²) < 4.78 is 7.55. The molecule has 1 aliphatic rings. The first-order valence-electron chi connectivity index (χ1n) is 8.25. The minimum absolute atomic E-state index is 0.0179. The highest BCUT2D eigenvalue weighted by atomic mass is 35.5. The number of hydrogen-bond acceptors (Lipinski definition) is 4. The summed E-state index contributed by atoms with van der Waals surface area (Å²) in [5.41, 5.74) is 1.82. The third kappa shape index (κ3) is 3.82. The molecule has 1 amide bonds. The Morgan fingerprint density at radius 3 is 3.00 bits per heavy atom. The number of thiophene rings is 1. The van der Waals surface area contributed by atoms with Gasteiger partial charge in [-0.1, -0.05) is 11.6 Å². The van der Waals surface area contributed by atoms with E-state index in [1.807, 2.05) is 30.7 Å². The fourth-order valence-corrected chi connectivity index (χ4v) is 4.00. The molecule has 0 radical (unpaired) electrons. The lowest BCUT2D eigenvalue weighted by Gasteiger charge is -2.06. The van der Waals surface area contributed by atoms with Crippen LogP contribution >= 0.6 is 22.9 Å². The average molecular weight is 368 g/mol. The van der Waals surface area contributed by atoms with Gasteiger partial charge in [0.1, 0.15) is 0 Å². The molecule has 0 aliphatic carbocycles. The van der Waals surface area contributed by atoms with Crippen molar-refractivity contribution >= 4 is 28.8 Å². The quantitative estimate of drug-likeness (QED) is 0.788. The van der Waals surface area contributed by atoms with E-state index in [2.05, 4.69) is 10.4 Å². The Balaban J connectivity index is 1.46. The van der Waals surface area contributed by atoms with E-state index in [9.17, 15) is 4.79 Å². The van der Waals surface area contributed by atoms with E-state index in [0.717, 1.165) is 58.6 Å². The van der Waals surface area contributed by atoms with Gasteiger partial charge >= 0.3 is 0 Å². The number of halogens is 1. The standard InChI is InChI=1S/C17H22ClN3O2S/c1-11-16(18)12(2)21(20-11)9-4-8-19-17(22)15-7-6-14(24-15)13-5-3-10-23-13/h6-7,13H,3-5,8-10H2,1-2H3,(H,19,22)/t13-/m0/s1. The van der Waals surface area contributed by atoms with Crippen LogP contribution in [0.25, 0.3) is 0 Å². The van der Waals surface area contributed by atoms with Crippen molar-refractivity contribution in [2.75, 3.05) is 13.2 Å². The average Bonchev–Trinajstić information content (AvgIpc) is 3.29. The smallest absolute Gasteiger partial charge is 0.261 e. The monoisotopic (exact) mass is 367 g/mol. The van der Waals surface area contributed by atoms with Gasteiger partial charge in [0.25, 0.3) is 5.91 Å². The third-order valence-electron chi connectivity index (χ3n) is 4.22. The topological polar surface area (TPSA) is 56.2 Å².